The molecule has 0 aliphatic carbocycles. The van der Waals surface area contributed by atoms with Gasteiger partial charge in [0.25, 0.3) is 0 Å². The summed E-state index contributed by atoms with van der Waals surface area (Å²) in [5.74, 6) is -1.33. The first-order valence-electron chi connectivity index (χ1n) is 5.72. The minimum Gasteiger partial charge on any atom is -0.480 e. The number of allylic oxidation sites excluding steroid dienone is 1. The lowest BCUT2D eigenvalue weighted by Crippen LogP contribution is -2.41. The molecule has 2 N–H and O–H groups in total. The Kier molecular flexibility index (Phi) is 8.05. The molecule has 1 unspecified atom stereocenters. The van der Waals surface area contributed by atoms with Crippen molar-refractivity contribution in [2.24, 2.45) is 0 Å². The van der Waals surface area contributed by atoms with Gasteiger partial charge in [-0.2, -0.15) is 0 Å². The predicted molar refractivity (Wildman–Crippen MR) is 64.7 cm³/mol. The molecule has 0 aromatic rings. The summed E-state index contributed by atoms with van der Waals surface area (Å²) < 4.78 is 5.21. The fraction of sp³-hybridized carbons (Fsp3) is 0.667. The summed E-state index contributed by atoms with van der Waals surface area (Å²) in [7, 11) is 0. The van der Waals surface area contributed by atoms with Gasteiger partial charge in [0, 0.05) is 6.42 Å². The SMILES string of the molecule is C=CCCC(NC(=O)CCOC(C)C)C(=O)O. The largest absolute Gasteiger partial charge is 0.480 e. The van der Waals surface area contributed by atoms with Gasteiger partial charge < -0.3 is 15.2 Å². The van der Waals surface area contributed by atoms with Gasteiger partial charge >= 0.3 is 5.97 Å². The van der Waals surface area contributed by atoms with Crippen LogP contribution in [0.15, 0.2) is 12.7 Å². The topological polar surface area (TPSA) is 75.6 Å². The number of carbonyl (C=O) groups is 2. The van der Waals surface area contributed by atoms with Crippen molar-refractivity contribution in [3.05, 3.63) is 12.7 Å². The van der Waals surface area contributed by atoms with Gasteiger partial charge in [-0.1, -0.05) is 6.08 Å². The zero-order valence-corrected chi connectivity index (χ0v) is 10.4. The number of nitrogens with one attached hydrogen (secondary N) is 1. The van der Waals surface area contributed by atoms with Crippen LogP contribution in [0.4, 0.5) is 0 Å². The van der Waals surface area contributed by atoms with Crippen LogP contribution in [-0.4, -0.2) is 35.7 Å². The number of carboxylic acids is 1. The Hall–Kier alpha value is -1.36. The van der Waals surface area contributed by atoms with Crippen LogP contribution in [0, 0.1) is 0 Å². The van der Waals surface area contributed by atoms with Crippen molar-refractivity contribution in [3.63, 3.8) is 0 Å². The molecular formula is C12H21NO4. The Bertz CT molecular complexity index is 263. The molecule has 0 bridgehead atoms. The minimum atomic E-state index is -1.02. The molecule has 0 heterocycles. The average Bonchev–Trinajstić information content (AvgIpc) is 2.23. The maximum absolute atomic E-state index is 11.4. The van der Waals surface area contributed by atoms with Crippen LogP contribution in [0.3, 0.4) is 0 Å². The van der Waals surface area contributed by atoms with Crippen LogP contribution in [0.5, 0.6) is 0 Å². The van der Waals surface area contributed by atoms with E-state index in [0.29, 0.717) is 19.4 Å². The second kappa shape index (κ2) is 8.75. The zero-order chi connectivity index (χ0) is 13.3. The van der Waals surface area contributed by atoms with E-state index in [1.54, 1.807) is 6.08 Å². The van der Waals surface area contributed by atoms with Crippen molar-refractivity contribution in [3.8, 4) is 0 Å². The van der Waals surface area contributed by atoms with E-state index in [2.05, 4.69) is 11.9 Å². The summed E-state index contributed by atoms with van der Waals surface area (Å²) in [6, 6.07) is -0.848. The lowest BCUT2D eigenvalue weighted by atomic mass is 10.1. The molecule has 17 heavy (non-hydrogen) atoms. The number of hydrogen-bond donors (Lipinski definition) is 2. The normalized spacial score (nSPS) is 12.2. The summed E-state index contributed by atoms with van der Waals surface area (Å²) in [5, 5.41) is 11.3. The lowest BCUT2D eigenvalue weighted by molar-refractivity contribution is -0.142. The molecule has 0 aromatic carbocycles. The van der Waals surface area contributed by atoms with Crippen LogP contribution in [0.1, 0.15) is 33.1 Å². The van der Waals surface area contributed by atoms with Crippen LogP contribution in [0.2, 0.25) is 0 Å². The van der Waals surface area contributed by atoms with Gasteiger partial charge in [0.05, 0.1) is 12.7 Å². The second-order valence-electron chi connectivity index (χ2n) is 3.99. The van der Waals surface area contributed by atoms with Crippen LogP contribution in [0.25, 0.3) is 0 Å². The first kappa shape index (κ1) is 15.6. The Labute approximate surface area is 102 Å². The van der Waals surface area contributed by atoms with Crippen molar-refractivity contribution in [1.29, 1.82) is 0 Å². The quantitative estimate of drug-likeness (QED) is 0.599. The number of rotatable bonds is 9. The number of amides is 1. The Morgan fingerprint density at radius 3 is 2.59 bits per heavy atom. The molecule has 0 saturated carbocycles. The third-order valence-corrected chi connectivity index (χ3v) is 2.07. The average molecular weight is 243 g/mol. The van der Waals surface area contributed by atoms with Gasteiger partial charge in [0.15, 0.2) is 0 Å². The van der Waals surface area contributed by atoms with Gasteiger partial charge in [-0.25, -0.2) is 4.79 Å². The van der Waals surface area contributed by atoms with Crippen molar-refractivity contribution in [1.82, 2.24) is 5.32 Å². The van der Waals surface area contributed by atoms with Crippen molar-refractivity contribution < 1.29 is 19.4 Å². The molecule has 5 heteroatoms. The fourth-order valence-corrected chi connectivity index (χ4v) is 1.20. The molecule has 0 saturated heterocycles. The number of ether oxygens (including phenoxy) is 1. The van der Waals surface area contributed by atoms with E-state index < -0.39 is 12.0 Å². The third kappa shape index (κ3) is 8.45. The molecular weight excluding hydrogens is 222 g/mol. The van der Waals surface area contributed by atoms with Gasteiger partial charge in [0.1, 0.15) is 6.04 Å². The van der Waals surface area contributed by atoms with E-state index in [4.69, 9.17) is 9.84 Å². The van der Waals surface area contributed by atoms with Crippen molar-refractivity contribution in [2.75, 3.05) is 6.61 Å². The number of aliphatic carboxylic acids is 1. The molecule has 0 spiro atoms. The second-order valence-corrected chi connectivity index (χ2v) is 3.99. The van der Waals surface area contributed by atoms with Gasteiger partial charge in [-0.3, -0.25) is 4.79 Å². The summed E-state index contributed by atoms with van der Waals surface area (Å²) in [6.07, 6.45) is 2.79. The third-order valence-electron chi connectivity index (χ3n) is 2.07. The summed E-state index contributed by atoms with van der Waals surface area (Å²) in [6.45, 7) is 7.57. The smallest absolute Gasteiger partial charge is 0.326 e. The monoisotopic (exact) mass is 243 g/mol. The van der Waals surface area contributed by atoms with E-state index in [0.717, 1.165) is 0 Å². The van der Waals surface area contributed by atoms with E-state index in [-0.39, 0.29) is 18.4 Å². The summed E-state index contributed by atoms with van der Waals surface area (Å²) in [4.78, 5) is 22.3. The van der Waals surface area contributed by atoms with Crippen LogP contribution in [-0.2, 0) is 14.3 Å². The highest BCUT2D eigenvalue weighted by molar-refractivity contribution is 5.83. The first-order chi connectivity index (χ1) is 7.97. The Morgan fingerprint density at radius 1 is 1.47 bits per heavy atom. The Balaban J connectivity index is 3.95. The molecule has 5 nitrogen and oxygen atoms in total. The van der Waals surface area contributed by atoms with Gasteiger partial charge in [-0.05, 0) is 26.7 Å². The van der Waals surface area contributed by atoms with E-state index in [9.17, 15) is 9.59 Å². The standard InChI is InChI=1S/C12H21NO4/c1-4-5-6-10(12(15)16)13-11(14)7-8-17-9(2)3/h4,9-10H,1,5-8H2,2-3H3,(H,13,14)(H,15,16). The van der Waals surface area contributed by atoms with Gasteiger partial charge in [-0.15, -0.1) is 6.58 Å². The predicted octanol–water partition coefficient (Wildman–Crippen LogP) is 1.34. The number of hydrogen-bond acceptors (Lipinski definition) is 3. The highest BCUT2D eigenvalue weighted by Gasteiger charge is 2.18. The summed E-state index contributed by atoms with van der Waals surface area (Å²) >= 11 is 0. The maximum Gasteiger partial charge on any atom is 0.326 e. The molecule has 98 valence electrons. The summed E-state index contributed by atoms with van der Waals surface area (Å²) in [5.41, 5.74) is 0. The molecule has 0 rings (SSSR count). The van der Waals surface area contributed by atoms with Gasteiger partial charge in [0.2, 0.25) is 5.91 Å². The van der Waals surface area contributed by atoms with E-state index in [1.165, 1.54) is 0 Å². The molecule has 1 atom stereocenters. The number of carboxylic acid groups (broad SMARTS) is 1. The van der Waals surface area contributed by atoms with E-state index in [1.807, 2.05) is 13.8 Å². The number of carbonyl (C=O) groups excluding carboxylic acids is 1. The molecule has 1 amide bonds. The molecule has 0 aliphatic heterocycles. The lowest BCUT2D eigenvalue weighted by Gasteiger charge is -2.14. The van der Waals surface area contributed by atoms with Crippen molar-refractivity contribution >= 4 is 11.9 Å². The highest BCUT2D eigenvalue weighted by atomic mass is 16.5. The molecule has 0 aliphatic rings. The maximum atomic E-state index is 11.4. The zero-order valence-electron chi connectivity index (χ0n) is 10.4. The van der Waals surface area contributed by atoms with Crippen LogP contribution < -0.4 is 5.32 Å². The highest BCUT2D eigenvalue weighted by Crippen LogP contribution is 1.99. The Morgan fingerprint density at radius 2 is 2.12 bits per heavy atom. The van der Waals surface area contributed by atoms with Crippen molar-refractivity contribution in [2.45, 2.75) is 45.3 Å². The van der Waals surface area contributed by atoms with E-state index >= 15 is 0 Å². The first-order valence-corrected chi connectivity index (χ1v) is 5.72. The fourth-order valence-electron chi connectivity index (χ4n) is 1.20. The minimum absolute atomic E-state index is 0.0684. The molecule has 0 radical (unpaired) electrons. The van der Waals surface area contributed by atoms with Crippen LogP contribution >= 0.6 is 0 Å². The molecule has 0 aromatic heterocycles. The molecule has 0 fully saturated rings.